The number of benzene rings is 1. The average molecular weight is 323 g/mol. The first-order chi connectivity index (χ1) is 9.16. The van der Waals surface area contributed by atoms with Crippen molar-refractivity contribution in [3.8, 4) is 0 Å². The van der Waals surface area contributed by atoms with Gasteiger partial charge in [0.1, 0.15) is 5.82 Å². The van der Waals surface area contributed by atoms with Crippen molar-refractivity contribution in [3.05, 3.63) is 64.1 Å². The van der Waals surface area contributed by atoms with Gasteiger partial charge in [0.05, 0.1) is 5.56 Å². The zero-order valence-electron chi connectivity index (χ0n) is 10.1. The first-order valence-corrected chi connectivity index (χ1v) is 6.58. The number of hydrogen-bond donors (Lipinski definition) is 1. The Morgan fingerprint density at radius 2 is 2.21 bits per heavy atom. The molecular formula is C14H12BrFN2O. The fourth-order valence-corrected chi connectivity index (χ4v) is 2.06. The second-order valence-corrected chi connectivity index (χ2v) is 4.85. The molecule has 1 N–H and O–H groups in total. The molecule has 0 aliphatic heterocycles. The van der Waals surface area contributed by atoms with Crippen molar-refractivity contribution in [2.45, 2.75) is 6.42 Å². The lowest BCUT2D eigenvalue weighted by molar-refractivity contribution is 0.0953. The SMILES string of the molecule is O=C(NCCc1cccnc1)c1cc(F)ccc1Br. The number of pyridine rings is 1. The summed E-state index contributed by atoms with van der Waals surface area (Å²) in [6.07, 6.45) is 4.14. The number of halogens is 2. The number of nitrogens with one attached hydrogen (secondary N) is 1. The highest BCUT2D eigenvalue weighted by atomic mass is 79.9. The molecule has 0 saturated heterocycles. The highest BCUT2D eigenvalue weighted by Crippen LogP contribution is 2.17. The van der Waals surface area contributed by atoms with E-state index in [0.29, 0.717) is 23.0 Å². The molecule has 1 aromatic carbocycles. The van der Waals surface area contributed by atoms with E-state index in [4.69, 9.17) is 0 Å². The lowest BCUT2D eigenvalue weighted by Gasteiger charge is -2.07. The van der Waals surface area contributed by atoms with E-state index in [2.05, 4.69) is 26.2 Å². The Labute approximate surface area is 119 Å². The standard InChI is InChI=1S/C14H12BrFN2O/c15-13-4-3-11(16)8-12(13)14(19)18-7-5-10-2-1-6-17-9-10/h1-4,6,8-9H,5,7H2,(H,18,19). The summed E-state index contributed by atoms with van der Waals surface area (Å²) in [5, 5.41) is 2.75. The molecule has 1 aromatic heterocycles. The quantitative estimate of drug-likeness (QED) is 0.940. The van der Waals surface area contributed by atoms with Crippen LogP contribution in [-0.4, -0.2) is 17.4 Å². The zero-order chi connectivity index (χ0) is 13.7. The van der Waals surface area contributed by atoms with Crippen molar-refractivity contribution in [2.24, 2.45) is 0 Å². The fraction of sp³-hybridized carbons (Fsp3) is 0.143. The van der Waals surface area contributed by atoms with Crippen LogP contribution in [0.5, 0.6) is 0 Å². The predicted octanol–water partition coefficient (Wildman–Crippen LogP) is 2.96. The Morgan fingerprint density at radius 1 is 1.37 bits per heavy atom. The Balaban J connectivity index is 1.93. The summed E-state index contributed by atoms with van der Waals surface area (Å²) in [6.45, 7) is 0.480. The largest absolute Gasteiger partial charge is 0.352 e. The zero-order valence-corrected chi connectivity index (χ0v) is 11.7. The second-order valence-electron chi connectivity index (χ2n) is 3.99. The molecule has 0 radical (unpaired) electrons. The molecule has 2 rings (SSSR count). The number of amides is 1. The van der Waals surface area contributed by atoms with Crippen LogP contribution in [-0.2, 0) is 6.42 Å². The molecule has 0 spiro atoms. The minimum Gasteiger partial charge on any atom is -0.352 e. The number of carbonyl (C=O) groups excluding carboxylic acids is 1. The van der Waals surface area contributed by atoms with Crippen molar-refractivity contribution in [1.29, 1.82) is 0 Å². The molecule has 1 amide bonds. The molecule has 2 aromatic rings. The Kier molecular flexibility index (Phi) is 4.63. The van der Waals surface area contributed by atoms with E-state index in [-0.39, 0.29) is 5.91 Å². The van der Waals surface area contributed by atoms with Crippen molar-refractivity contribution < 1.29 is 9.18 Å². The fourth-order valence-electron chi connectivity index (χ4n) is 1.63. The van der Waals surface area contributed by atoms with E-state index in [1.165, 1.54) is 18.2 Å². The Bertz CT molecular complexity index is 575. The molecule has 0 saturated carbocycles. The third-order valence-corrected chi connectivity index (χ3v) is 3.29. The molecule has 0 aliphatic carbocycles. The summed E-state index contributed by atoms with van der Waals surface area (Å²) < 4.78 is 13.7. The van der Waals surface area contributed by atoms with Gasteiger partial charge in [0.25, 0.3) is 5.91 Å². The summed E-state index contributed by atoms with van der Waals surface area (Å²) in [5.74, 6) is -0.726. The van der Waals surface area contributed by atoms with E-state index >= 15 is 0 Å². The van der Waals surface area contributed by atoms with Gasteiger partial charge < -0.3 is 5.32 Å². The van der Waals surface area contributed by atoms with Gasteiger partial charge in [0, 0.05) is 23.4 Å². The van der Waals surface area contributed by atoms with Gasteiger partial charge in [-0.25, -0.2) is 4.39 Å². The van der Waals surface area contributed by atoms with Crippen LogP contribution in [0.1, 0.15) is 15.9 Å². The number of aromatic nitrogens is 1. The molecular weight excluding hydrogens is 311 g/mol. The second kappa shape index (κ2) is 6.43. The maximum absolute atomic E-state index is 13.1. The van der Waals surface area contributed by atoms with Crippen LogP contribution < -0.4 is 5.32 Å². The smallest absolute Gasteiger partial charge is 0.252 e. The number of rotatable bonds is 4. The molecule has 0 fully saturated rings. The van der Waals surface area contributed by atoms with Gasteiger partial charge >= 0.3 is 0 Å². The lowest BCUT2D eigenvalue weighted by atomic mass is 10.2. The normalized spacial score (nSPS) is 10.2. The van der Waals surface area contributed by atoms with E-state index in [1.54, 1.807) is 12.4 Å². The van der Waals surface area contributed by atoms with Crippen molar-refractivity contribution in [2.75, 3.05) is 6.54 Å². The maximum atomic E-state index is 13.1. The summed E-state index contributed by atoms with van der Waals surface area (Å²) >= 11 is 3.23. The van der Waals surface area contributed by atoms with Crippen molar-refractivity contribution in [1.82, 2.24) is 10.3 Å². The molecule has 0 atom stereocenters. The van der Waals surface area contributed by atoms with Gasteiger partial charge in [-0.1, -0.05) is 6.07 Å². The molecule has 0 unspecified atom stereocenters. The highest BCUT2D eigenvalue weighted by Gasteiger charge is 2.10. The first kappa shape index (κ1) is 13.7. The number of carbonyl (C=O) groups is 1. The maximum Gasteiger partial charge on any atom is 0.252 e. The van der Waals surface area contributed by atoms with Crippen LogP contribution >= 0.6 is 15.9 Å². The minimum atomic E-state index is -0.430. The topological polar surface area (TPSA) is 42.0 Å². The van der Waals surface area contributed by atoms with E-state index in [9.17, 15) is 9.18 Å². The molecule has 0 bridgehead atoms. The van der Waals surface area contributed by atoms with Gasteiger partial charge in [-0.05, 0) is 52.2 Å². The average Bonchev–Trinajstić information content (AvgIpc) is 2.42. The third-order valence-electron chi connectivity index (χ3n) is 2.60. The van der Waals surface area contributed by atoms with Crippen molar-refractivity contribution >= 4 is 21.8 Å². The van der Waals surface area contributed by atoms with Crippen LogP contribution in [0.25, 0.3) is 0 Å². The van der Waals surface area contributed by atoms with Crippen molar-refractivity contribution in [3.63, 3.8) is 0 Å². The third kappa shape index (κ3) is 3.86. The predicted molar refractivity (Wildman–Crippen MR) is 74.4 cm³/mol. The summed E-state index contributed by atoms with van der Waals surface area (Å²) in [4.78, 5) is 15.9. The van der Waals surface area contributed by atoms with Gasteiger partial charge in [0.2, 0.25) is 0 Å². The van der Waals surface area contributed by atoms with Crippen LogP contribution in [0.3, 0.4) is 0 Å². The number of nitrogens with zero attached hydrogens (tertiary/aromatic N) is 1. The monoisotopic (exact) mass is 322 g/mol. The van der Waals surface area contributed by atoms with E-state index in [0.717, 1.165) is 5.56 Å². The van der Waals surface area contributed by atoms with Crippen LogP contribution in [0, 0.1) is 5.82 Å². The molecule has 0 aliphatic rings. The van der Waals surface area contributed by atoms with Gasteiger partial charge in [-0.15, -0.1) is 0 Å². The van der Waals surface area contributed by atoms with Crippen LogP contribution in [0.2, 0.25) is 0 Å². The highest BCUT2D eigenvalue weighted by molar-refractivity contribution is 9.10. The molecule has 98 valence electrons. The summed E-state index contributed by atoms with van der Waals surface area (Å²) in [5.41, 5.74) is 1.34. The Morgan fingerprint density at radius 3 is 2.95 bits per heavy atom. The van der Waals surface area contributed by atoms with E-state index < -0.39 is 5.82 Å². The molecule has 1 heterocycles. The minimum absolute atomic E-state index is 0.296. The summed E-state index contributed by atoms with van der Waals surface area (Å²) in [7, 11) is 0. The number of hydrogen-bond acceptors (Lipinski definition) is 2. The van der Waals surface area contributed by atoms with Crippen LogP contribution in [0.4, 0.5) is 4.39 Å². The lowest BCUT2D eigenvalue weighted by Crippen LogP contribution is -2.26. The molecule has 3 nitrogen and oxygen atoms in total. The molecule has 5 heteroatoms. The van der Waals surface area contributed by atoms with Gasteiger partial charge in [-0.2, -0.15) is 0 Å². The Hall–Kier alpha value is -1.75. The molecule has 19 heavy (non-hydrogen) atoms. The van der Waals surface area contributed by atoms with Crippen LogP contribution in [0.15, 0.2) is 47.2 Å². The summed E-state index contributed by atoms with van der Waals surface area (Å²) in [6, 6.07) is 7.82. The van der Waals surface area contributed by atoms with Gasteiger partial charge in [0.15, 0.2) is 0 Å². The first-order valence-electron chi connectivity index (χ1n) is 5.79. The van der Waals surface area contributed by atoms with Gasteiger partial charge in [-0.3, -0.25) is 9.78 Å². The van der Waals surface area contributed by atoms with E-state index in [1.807, 2.05) is 12.1 Å².